The van der Waals surface area contributed by atoms with E-state index in [1.165, 1.54) is 45.3 Å². The fourth-order valence-corrected chi connectivity index (χ4v) is 3.31. The van der Waals surface area contributed by atoms with Crippen molar-refractivity contribution < 1.29 is 4.74 Å². The Bertz CT molecular complexity index is 261. The Kier molecular flexibility index (Phi) is 3.15. The number of ether oxygens (including phenoxy) is 1. The van der Waals surface area contributed by atoms with Crippen LogP contribution in [0, 0.1) is 0 Å². The summed E-state index contributed by atoms with van der Waals surface area (Å²) in [5.74, 6) is 0. The van der Waals surface area contributed by atoms with Gasteiger partial charge in [0.1, 0.15) is 0 Å². The normalized spacial score (nSPS) is 36.1. The first-order valence-corrected chi connectivity index (χ1v) is 6.69. The lowest BCUT2D eigenvalue weighted by Gasteiger charge is -2.42. The molecule has 16 heavy (non-hydrogen) atoms. The van der Waals surface area contributed by atoms with Gasteiger partial charge in [0, 0.05) is 19.2 Å². The second-order valence-electron chi connectivity index (χ2n) is 5.15. The maximum absolute atomic E-state index is 5.68. The molecule has 2 fully saturated rings. The smallest absolute Gasteiger partial charge is 0.0685 e. The standard InChI is InChI=1S/C13H22N2O/c1-2-7-14(6-1)12-5-10-16-11-13(12)15-8-3-4-9-15/h3,8,12-13H,1-2,4-7,9-11H2. The second kappa shape index (κ2) is 4.76. The summed E-state index contributed by atoms with van der Waals surface area (Å²) >= 11 is 0. The molecule has 0 aromatic heterocycles. The molecule has 2 atom stereocenters. The summed E-state index contributed by atoms with van der Waals surface area (Å²) in [4.78, 5) is 5.20. The first-order chi connectivity index (χ1) is 7.95. The lowest BCUT2D eigenvalue weighted by Crippen LogP contribution is -2.54. The Morgan fingerprint density at radius 2 is 1.94 bits per heavy atom. The van der Waals surface area contributed by atoms with Gasteiger partial charge in [-0.25, -0.2) is 0 Å². The van der Waals surface area contributed by atoms with Crippen molar-refractivity contribution in [3.63, 3.8) is 0 Å². The molecule has 0 bridgehead atoms. The number of rotatable bonds is 2. The number of likely N-dealkylation sites (tertiary alicyclic amines) is 1. The lowest BCUT2D eigenvalue weighted by atomic mass is 10.0. The van der Waals surface area contributed by atoms with Gasteiger partial charge in [0.15, 0.2) is 0 Å². The molecule has 2 unspecified atom stereocenters. The first kappa shape index (κ1) is 10.6. The monoisotopic (exact) mass is 222 g/mol. The molecule has 3 aliphatic rings. The Morgan fingerprint density at radius 3 is 2.69 bits per heavy atom. The van der Waals surface area contributed by atoms with Crippen LogP contribution in [-0.4, -0.2) is 54.7 Å². The summed E-state index contributed by atoms with van der Waals surface area (Å²) in [6.45, 7) is 5.68. The van der Waals surface area contributed by atoms with Gasteiger partial charge in [-0.3, -0.25) is 4.90 Å². The van der Waals surface area contributed by atoms with E-state index in [1.807, 2.05) is 0 Å². The van der Waals surface area contributed by atoms with E-state index in [0.717, 1.165) is 19.3 Å². The number of hydrogen-bond acceptors (Lipinski definition) is 3. The van der Waals surface area contributed by atoms with Gasteiger partial charge in [-0.05, 0) is 45.0 Å². The third kappa shape index (κ3) is 1.98. The molecule has 3 rings (SSSR count). The molecule has 3 heterocycles. The zero-order valence-electron chi connectivity index (χ0n) is 9.98. The van der Waals surface area contributed by atoms with Gasteiger partial charge in [-0.2, -0.15) is 0 Å². The predicted octanol–water partition coefficient (Wildman–Crippen LogP) is 1.46. The first-order valence-electron chi connectivity index (χ1n) is 6.69. The zero-order valence-corrected chi connectivity index (χ0v) is 9.98. The lowest BCUT2D eigenvalue weighted by molar-refractivity contribution is -0.0186. The summed E-state index contributed by atoms with van der Waals surface area (Å²) in [6, 6.07) is 1.34. The molecule has 0 aromatic rings. The van der Waals surface area contributed by atoms with Crippen molar-refractivity contribution in [1.82, 2.24) is 9.80 Å². The fraction of sp³-hybridized carbons (Fsp3) is 0.846. The SMILES string of the molecule is C1=CN(C2COCCC2N2CCCC2)CC1. The fourth-order valence-electron chi connectivity index (χ4n) is 3.31. The van der Waals surface area contributed by atoms with Crippen molar-refractivity contribution in [2.24, 2.45) is 0 Å². The number of hydrogen-bond donors (Lipinski definition) is 0. The zero-order chi connectivity index (χ0) is 10.8. The van der Waals surface area contributed by atoms with Crippen molar-refractivity contribution in [2.75, 3.05) is 32.8 Å². The summed E-state index contributed by atoms with van der Waals surface area (Å²) in [6.07, 6.45) is 9.77. The minimum Gasteiger partial charge on any atom is -0.379 e. The molecule has 3 heteroatoms. The summed E-state index contributed by atoms with van der Waals surface area (Å²) in [5, 5.41) is 0. The second-order valence-corrected chi connectivity index (χ2v) is 5.15. The highest BCUT2D eigenvalue weighted by atomic mass is 16.5. The van der Waals surface area contributed by atoms with Crippen LogP contribution in [-0.2, 0) is 4.74 Å². The van der Waals surface area contributed by atoms with Crippen molar-refractivity contribution in [1.29, 1.82) is 0 Å². The average Bonchev–Trinajstić information content (AvgIpc) is 3.03. The molecule has 0 aliphatic carbocycles. The van der Waals surface area contributed by atoms with Crippen molar-refractivity contribution in [3.05, 3.63) is 12.3 Å². The van der Waals surface area contributed by atoms with Crippen LogP contribution in [0.15, 0.2) is 12.3 Å². The topological polar surface area (TPSA) is 15.7 Å². The largest absolute Gasteiger partial charge is 0.379 e. The molecular formula is C13H22N2O. The molecule has 0 aromatic carbocycles. The number of nitrogens with zero attached hydrogens (tertiary/aromatic N) is 2. The van der Waals surface area contributed by atoms with E-state index in [9.17, 15) is 0 Å². The predicted molar refractivity (Wildman–Crippen MR) is 64.3 cm³/mol. The van der Waals surface area contributed by atoms with Crippen LogP contribution in [0.25, 0.3) is 0 Å². The van der Waals surface area contributed by atoms with E-state index >= 15 is 0 Å². The third-order valence-electron chi connectivity index (χ3n) is 4.18. The Hall–Kier alpha value is -0.540. The molecule has 0 amide bonds. The molecule has 0 N–H and O–H groups in total. The molecule has 3 aliphatic heterocycles. The summed E-state index contributed by atoms with van der Waals surface area (Å²) < 4.78 is 5.68. The quantitative estimate of drug-likeness (QED) is 0.703. The Balaban J connectivity index is 1.69. The van der Waals surface area contributed by atoms with Crippen LogP contribution in [0.1, 0.15) is 25.7 Å². The third-order valence-corrected chi connectivity index (χ3v) is 4.18. The molecular weight excluding hydrogens is 200 g/mol. The van der Waals surface area contributed by atoms with Gasteiger partial charge in [0.2, 0.25) is 0 Å². The van der Waals surface area contributed by atoms with Crippen LogP contribution in [0.5, 0.6) is 0 Å². The maximum Gasteiger partial charge on any atom is 0.0685 e. The molecule has 0 saturated carbocycles. The van der Waals surface area contributed by atoms with Gasteiger partial charge in [0.05, 0.1) is 12.6 Å². The highest BCUT2D eigenvalue weighted by Crippen LogP contribution is 2.25. The van der Waals surface area contributed by atoms with Crippen LogP contribution in [0.4, 0.5) is 0 Å². The van der Waals surface area contributed by atoms with Gasteiger partial charge < -0.3 is 9.64 Å². The maximum atomic E-state index is 5.68. The van der Waals surface area contributed by atoms with Crippen LogP contribution in [0.2, 0.25) is 0 Å². The average molecular weight is 222 g/mol. The van der Waals surface area contributed by atoms with Crippen molar-refractivity contribution >= 4 is 0 Å². The van der Waals surface area contributed by atoms with E-state index in [0.29, 0.717) is 6.04 Å². The highest BCUT2D eigenvalue weighted by Gasteiger charge is 2.35. The molecule has 0 spiro atoms. The molecule has 0 radical (unpaired) electrons. The molecule has 3 nitrogen and oxygen atoms in total. The van der Waals surface area contributed by atoms with E-state index in [2.05, 4.69) is 22.1 Å². The Morgan fingerprint density at radius 1 is 1.06 bits per heavy atom. The van der Waals surface area contributed by atoms with Crippen molar-refractivity contribution in [2.45, 2.75) is 37.8 Å². The molecule has 2 saturated heterocycles. The van der Waals surface area contributed by atoms with Gasteiger partial charge in [-0.15, -0.1) is 0 Å². The van der Waals surface area contributed by atoms with E-state index in [-0.39, 0.29) is 0 Å². The highest BCUT2D eigenvalue weighted by molar-refractivity contribution is 5.00. The summed E-state index contributed by atoms with van der Waals surface area (Å²) in [7, 11) is 0. The Labute approximate surface area is 98.0 Å². The van der Waals surface area contributed by atoms with E-state index < -0.39 is 0 Å². The van der Waals surface area contributed by atoms with Crippen LogP contribution in [0.3, 0.4) is 0 Å². The minimum absolute atomic E-state index is 0.602. The van der Waals surface area contributed by atoms with Gasteiger partial charge in [0.25, 0.3) is 0 Å². The van der Waals surface area contributed by atoms with Gasteiger partial charge >= 0.3 is 0 Å². The van der Waals surface area contributed by atoms with E-state index in [1.54, 1.807) is 0 Å². The summed E-state index contributed by atoms with van der Waals surface area (Å²) in [5.41, 5.74) is 0. The van der Waals surface area contributed by atoms with Crippen LogP contribution >= 0.6 is 0 Å². The van der Waals surface area contributed by atoms with Crippen LogP contribution < -0.4 is 0 Å². The molecule has 90 valence electrons. The van der Waals surface area contributed by atoms with Crippen molar-refractivity contribution in [3.8, 4) is 0 Å². The minimum atomic E-state index is 0.602. The van der Waals surface area contributed by atoms with Gasteiger partial charge in [-0.1, -0.05) is 6.08 Å². The van der Waals surface area contributed by atoms with E-state index in [4.69, 9.17) is 4.74 Å².